The molecule has 1 aromatic heterocycles. The van der Waals surface area contributed by atoms with Gasteiger partial charge < -0.3 is 24.4 Å². The van der Waals surface area contributed by atoms with E-state index in [-0.39, 0.29) is 5.69 Å². The van der Waals surface area contributed by atoms with Gasteiger partial charge in [-0.25, -0.2) is 13.9 Å². The second-order valence-electron chi connectivity index (χ2n) is 6.72. The number of aromatic amines is 1. The van der Waals surface area contributed by atoms with Gasteiger partial charge in [-0.3, -0.25) is 33.9 Å². The molecule has 0 radical (unpaired) electrons. The number of nitro benzene ring substituents is 1. The van der Waals surface area contributed by atoms with E-state index in [2.05, 4.69) is 13.4 Å². The van der Waals surface area contributed by atoms with Gasteiger partial charge in [-0.1, -0.05) is 0 Å². The number of ether oxygens (including phenoxy) is 1. The Morgan fingerprint density at radius 2 is 1.74 bits per heavy atom. The van der Waals surface area contributed by atoms with Crippen LogP contribution in [-0.4, -0.2) is 59.4 Å². The van der Waals surface area contributed by atoms with E-state index in [1.54, 1.807) is 0 Å². The van der Waals surface area contributed by atoms with Crippen molar-refractivity contribution in [3.05, 3.63) is 67.5 Å². The van der Waals surface area contributed by atoms with Gasteiger partial charge in [0, 0.05) is 24.4 Å². The molecule has 0 spiro atoms. The summed E-state index contributed by atoms with van der Waals surface area (Å²) in [5.41, 5.74) is -2.04. The zero-order valence-electron chi connectivity index (χ0n) is 16.6. The first-order chi connectivity index (χ1) is 15.8. The van der Waals surface area contributed by atoms with Crippen molar-refractivity contribution in [3.8, 4) is 5.75 Å². The Kier molecular flexibility index (Phi) is 7.52. The zero-order valence-corrected chi connectivity index (χ0v) is 18.4. The summed E-state index contributed by atoms with van der Waals surface area (Å²) in [6.45, 7) is -0.946. The van der Waals surface area contributed by atoms with Gasteiger partial charge in [0.25, 0.3) is 11.2 Å². The number of nitrogens with zero attached hydrogens (tertiary/aromatic N) is 2. The van der Waals surface area contributed by atoms with Crippen molar-refractivity contribution in [3.63, 3.8) is 0 Å². The van der Waals surface area contributed by atoms with Gasteiger partial charge in [-0.15, -0.1) is 0 Å². The molecular weight excluding hydrogens is 508 g/mol. The number of aliphatic hydroxyl groups is 2. The van der Waals surface area contributed by atoms with Crippen LogP contribution in [0.2, 0.25) is 0 Å². The molecule has 1 aliphatic rings. The Hall–Kier alpha value is -2.72. The lowest BCUT2D eigenvalue weighted by atomic mass is 10.1. The normalized spacial score (nSPS) is 25.9. The minimum absolute atomic E-state index is 0.350. The van der Waals surface area contributed by atoms with E-state index in [9.17, 15) is 48.8 Å². The Labute approximate surface area is 188 Å². The molecule has 34 heavy (non-hydrogen) atoms. The topological polar surface area (TPSA) is 250 Å². The molecule has 2 unspecified atom stereocenters. The minimum atomic E-state index is -5.32. The van der Waals surface area contributed by atoms with E-state index in [4.69, 9.17) is 4.74 Å². The van der Waals surface area contributed by atoms with Crippen LogP contribution in [0.3, 0.4) is 0 Å². The third-order valence-electron chi connectivity index (χ3n) is 4.34. The van der Waals surface area contributed by atoms with Crippen LogP contribution in [0, 0.1) is 10.1 Å². The average Bonchev–Trinajstić information content (AvgIpc) is 3.00. The Bertz CT molecular complexity index is 1260. The molecule has 19 heteroatoms. The number of nitro groups is 1. The highest BCUT2D eigenvalue weighted by atomic mass is 31.3. The number of non-ortho nitro benzene ring substituents is 1. The maximum atomic E-state index is 12.1. The standard InChI is InChI=1S/C15H17N3O14P2/c19-11-5-6-17(15(22)16-11)14-13(21)12(20)10(30-14)7-29-33(25,26)32-34(27,28)31-9-3-1-8(2-4-9)18(23)24/h1-6,10,12-14,20-21H,7H2,(H,25,26)(H,27,28)(H,16,19,22)/t10-,12-,13-,14-/m1/s1. The van der Waals surface area contributed by atoms with Crippen LogP contribution in [-0.2, 0) is 22.7 Å². The predicted octanol–water partition coefficient (Wildman–Crippen LogP) is -0.623. The number of H-pyrrole nitrogens is 1. The van der Waals surface area contributed by atoms with E-state index in [1.165, 1.54) is 0 Å². The zero-order chi connectivity index (χ0) is 25.3. The third-order valence-corrected chi connectivity index (χ3v) is 6.91. The van der Waals surface area contributed by atoms with Gasteiger partial charge in [-0.2, -0.15) is 4.31 Å². The minimum Gasteiger partial charge on any atom is -0.404 e. The second kappa shape index (κ2) is 9.87. The molecule has 186 valence electrons. The maximum Gasteiger partial charge on any atom is 0.536 e. The van der Waals surface area contributed by atoms with E-state index >= 15 is 0 Å². The smallest absolute Gasteiger partial charge is 0.404 e. The van der Waals surface area contributed by atoms with Crippen molar-refractivity contribution < 1.29 is 52.1 Å². The van der Waals surface area contributed by atoms with Crippen molar-refractivity contribution in [2.75, 3.05) is 6.61 Å². The Balaban J connectivity index is 1.61. The molecule has 3 rings (SSSR count). The molecule has 1 aromatic carbocycles. The van der Waals surface area contributed by atoms with Crippen molar-refractivity contribution in [2.45, 2.75) is 24.5 Å². The fourth-order valence-electron chi connectivity index (χ4n) is 2.82. The Morgan fingerprint density at radius 3 is 2.32 bits per heavy atom. The number of rotatable bonds is 9. The van der Waals surface area contributed by atoms with E-state index in [1.807, 2.05) is 4.98 Å². The number of aliphatic hydroxyl groups excluding tert-OH is 2. The van der Waals surface area contributed by atoms with Gasteiger partial charge in [0.05, 0.1) is 11.5 Å². The quantitative estimate of drug-likeness (QED) is 0.155. The fraction of sp³-hybridized carbons (Fsp3) is 0.333. The van der Waals surface area contributed by atoms with Crippen molar-refractivity contribution >= 4 is 21.3 Å². The molecule has 2 heterocycles. The van der Waals surface area contributed by atoms with Crippen molar-refractivity contribution in [2.24, 2.45) is 0 Å². The van der Waals surface area contributed by atoms with Gasteiger partial charge >= 0.3 is 21.3 Å². The molecule has 0 aliphatic carbocycles. The van der Waals surface area contributed by atoms with E-state index in [0.717, 1.165) is 41.1 Å². The monoisotopic (exact) mass is 525 g/mol. The van der Waals surface area contributed by atoms with E-state index in [0.29, 0.717) is 0 Å². The van der Waals surface area contributed by atoms with Crippen LogP contribution in [0.15, 0.2) is 46.1 Å². The van der Waals surface area contributed by atoms with Crippen molar-refractivity contribution in [1.29, 1.82) is 0 Å². The SMILES string of the molecule is O=c1ccn([C@@H]2O[C@H](COP(=O)(O)OP(=O)(O)Oc3ccc([N+](=O)[O-])cc3)[C@@H](O)[C@H]2O)c(=O)[nH]1. The number of hydrogen-bond acceptors (Lipinski definition) is 12. The first-order valence-corrected chi connectivity index (χ1v) is 12.1. The van der Waals surface area contributed by atoms with E-state index < -0.39 is 68.7 Å². The highest BCUT2D eigenvalue weighted by molar-refractivity contribution is 7.61. The summed E-state index contributed by atoms with van der Waals surface area (Å²) in [6.07, 6.45) is -5.47. The second-order valence-corrected chi connectivity index (χ2v) is 9.69. The average molecular weight is 525 g/mol. The molecule has 17 nitrogen and oxygen atoms in total. The molecule has 0 bridgehead atoms. The number of nitrogens with one attached hydrogen (secondary N) is 1. The number of phosphoric ester groups is 2. The molecule has 0 saturated carbocycles. The van der Waals surface area contributed by atoms with Crippen LogP contribution in [0.5, 0.6) is 5.75 Å². The number of hydrogen-bond donors (Lipinski definition) is 5. The van der Waals surface area contributed by atoms with Crippen LogP contribution in [0.1, 0.15) is 6.23 Å². The molecule has 5 N–H and O–H groups in total. The predicted molar refractivity (Wildman–Crippen MR) is 108 cm³/mol. The van der Waals surface area contributed by atoms with Gasteiger partial charge in [0.2, 0.25) is 0 Å². The lowest BCUT2D eigenvalue weighted by Crippen LogP contribution is -2.37. The summed E-state index contributed by atoms with van der Waals surface area (Å²) in [5.74, 6) is -0.400. The summed E-state index contributed by atoms with van der Waals surface area (Å²) < 4.78 is 43.3. The Morgan fingerprint density at radius 1 is 1.09 bits per heavy atom. The van der Waals surface area contributed by atoms with Crippen LogP contribution in [0.25, 0.3) is 0 Å². The molecule has 6 atom stereocenters. The fourth-order valence-corrected chi connectivity index (χ4v) is 4.91. The lowest BCUT2D eigenvalue weighted by Gasteiger charge is -2.19. The molecule has 1 aliphatic heterocycles. The van der Waals surface area contributed by atoms with Gasteiger partial charge in [0.15, 0.2) is 6.23 Å². The summed E-state index contributed by atoms with van der Waals surface area (Å²) in [5, 5.41) is 30.8. The van der Waals surface area contributed by atoms with Gasteiger partial charge in [0.1, 0.15) is 24.1 Å². The number of aromatic nitrogens is 2. The first-order valence-electron chi connectivity index (χ1n) is 9.06. The van der Waals surface area contributed by atoms with Crippen LogP contribution < -0.4 is 15.8 Å². The summed E-state index contributed by atoms with van der Waals surface area (Å²) in [4.78, 5) is 54.2. The molecule has 0 amide bonds. The first kappa shape index (κ1) is 25.9. The van der Waals surface area contributed by atoms with Crippen LogP contribution in [0.4, 0.5) is 5.69 Å². The number of benzene rings is 1. The third kappa shape index (κ3) is 6.24. The maximum absolute atomic E-state index is 12.1. The van der Waals surface area contributed by atoms with Gasteiger partial charge in [-0.05, 0) is 12.1 Å². The molecule has 2 aromatic rings. The highest BCUT2D eigenvalue weighted by Gasteiger charge is 2.46. The van der Waals surface area contributed by atoms with Crippen molar-refractivity contribution in [1.82, 2.24) is 9.55 Å². The molecule has 1 fully saturated rings. The summed E-state index contributed by atoms with van der Waals surface area (Å²) >= 11 is 0. The largest absolute Gasteiger partial charge is 0.536 e. The van der Waals surface area contributed by atoms with Crippen LogP contribution >= 0.6 is 15.6 Å². The summed E-state index contributed by atoms with van der Waals surface area (Å²) in [7, 11) is -10.6. The molecular formula is C15H17N3O14P2. The molecule has 1 saturated heterocycles. The highest BCUT2D eigenvalue weighted by Crippen LogP contribution is 2.60. The number of phosphoric acid groups is 2. The summed E-state index contributed by atoms with van der Waals surface area (Å²) in [6, 6.07) is 4.72. The lowest BCUT2D eigenvalue weighted by molar-refractivity contribution is -0.384.